The third-order valence-electron chi connectivity index (χ3n) is 4.42. The molecule has 0 saturated heterocycles. The van der Waals surface area contributed by atoms with Crippen molar-refractivity contribution in [2.24, 2.45) is 4.99 Å². The summed E-state index contributed by atoms with van der Waals surface area (Å²) in [4.78, 5) is 8.27. The van der Waals surface area contributed by atoms with Crippen molar-refractivity contribution < 1.29 is 0 Å². The summed E-state index contributed by atoms with van der Waals surface area (Å²) in [5, 5.41) is 12.2. The molecule has 3 aromatic rings. The van der Waals surface area contributed by atoms with Gasteiger partial charge in [0.2, 0.25) is 0 Å². The van der Waals surface area contributed by atoms with Crippen LogP contribution in [0.3, 0.4) is 0 Å². The van der Waals surface area contributed by atoms with Gasteiger partial charge in [0.15, 0.2) is 5.96 Å². The van der Waals surface area contributed by atoms with E-state index in [0.29, 0.717) is 23.1 Å². The Labute approximate surface area is 204 Å². The lowest BCUT2D eigenvalue weighted by molar-refractivity contribution is 0.683. The molecule has 0 radical (unpaired) electrons. The zero-order valence-corrected chi connectivity index (χ0v) is 20.5. The first-order valence-corrected chi connectivity index (χ1v) is 10.2. The van der Waals surface area contributed by atoms with Crippen LogP contribution in [0.25, 0.3) is 0 Å². The molecular weight excluding hydrogens is 534 g/mol. The molecule has 0 aliphatic heterocycles. The standard InChI is InChI=1S/C21H24Cl2N6.HI/c1-24-21(26-9-3-6-18-7-8-19(22)11-20(18)23)27-12-16-4-2-5-17(10-16)13-29-15-25-14-28-29;/h2,4-5,7-8,10-11,14-15H,3,6,9,12-13H2,1H3,(H2,24,26,27);1H. The van der Waals surface area contributed by atoms with E-state index in [1.54, 1.807) is 30.5 Å². The van der Waals surface area contributed by atoms with E-state index in [1.165, 1.54) is 11.1 Å². The second-order valence-corrected chi connectivity index (χ2v) is 7.45. The van der Waals surface area contributed by atoms with E-state index in [4.69, 9.17) is 23.2 Å². The fourth-order valence-corrected chi connectivity index (χ4v) is 3.46. The second kappa shape index (κ2) is 12.8. The third kappa shape index (κ3) is 7.77. The molecule has 0 spiro atoms. The lowest BCUT2D eigenvalue weighted by Gasteiger charge is -2.13. The van der Waals surface area contributed by atoms with Crippen LogP contribution < -0.4 is 10.6 Å². The molecule has 30 heavy (non-hydrogen) atoms. The molecule has 3 rings (SSSR count). The van der Waals surface area contributed by atoms with Crippen molar-refractivity contribution in [3.8, 4) is 0 Å². The van der Waals surface area contributed by atoms with Gasteiger partial charge in [0.05, 0.1) is 6.54 Å². The molecule has 0 amide bonds. The fourth-order valence-electron chi connectivity index (χ4n) is 2.96. The van der Waals surface area contributed by atoms with Gasteiger partial charge in [0.25, 0.3) is 0 Å². The van der Waals surface area contributed by atoms with Gasteiger partial charge in [-0.05, 0) is 41.7 Å². The van der Waals surface area contributed by atoms with Crippen LogP contribution >= 0.6 is 47.2 Å². The summed E-state index contributed by atoms with van der Waals surface area (Å²) in [6.45, 7) is 2.19. The number of aryl methyl sites for hydroxylation is 1. The third-order valence-corrected chi connectivity index (χ3v) is 5.00. The molecule has 2 N–H and O–H groups in total. The highest BCUT2D eigenvalue weighted by Crippen LogP contribution is 2.21. The zero-order chi connectivity index (χ0) is 20.5. The molecule has 0 fully saturated rings. The highest BCUT2D eigenvalue weighted by molar-refractivity contribution is 14.0. The van der Waals surface area contributed by atoms with Crippen LogP contribution in [0.4, 0.5) is 0 Å². The first-order chi connectivity index (χ1) is 14.1. The smallest absolute Gasteiger partial charge is 0.191 e. The molecule has 0 atom stereocenters. The predicted molar refractivity (Wildman–Crippen MR) is 134 cm³/mol. The van der Waals surface area contributed by atoms with Crippen LogP contribution in [-0.4, -0.2) is 34.3 Å². The number of nitrogens with one attached hydrogen (secondary N) is 2. The van der Waals surface area contributed by atoms with Crippen LogP contribution in [0.15, 0.2) is 60.1 Å². The Morgan fingerprint density at radius 3 is 2.67 bits per heavy atom. The summed E-state index contributed by atoms with van der Waals surface area (Å²) in [5.41, 5.74) is 3.46. The number of hydrogen-bond acceptors (Lipinski definition) is 3. The summed E-state index contributed by atoms with van der Waals surface area (Å²) in [7, 11) is 1.77. The summed E-state index contributed by atoms with van der Waals surface area (Å²) in [6.07, 6.45) is 5.08. The maximum absolute atomic E-state index is 6.22. The van der Waals surface area contributed by atoms with Crippen molar-refractivity contribution in [3.05, 3.63) is 81.9 Å². The molecule has 0 aliphatic carbocycles. The van der Waals surface area contributed by atoms with Crippen LogP contribution in [-0.2, 0) is 19.5 Å². The zero-order valence-electron chi connectivity index (χ0n) is 16.7. The summed E-state index contributed by atoms with van der Waals surface area (Å²) in [5.74, 6) is 0.772. The maximum atomic E-state index is 6.22. The molecule has 1 aromatic heterocycles. The van der Waals surface area contributed by atoms with E-state index in [1.807, 2.05) is 12.1 Å². The first kappa shape index (κ1) is 24.4. The number of aromatic nitrogens is 3. The number of rotatable bonds is 8. The van der Waals surface area contributed by atoms with Gasteiger partial charge in [0.1, 0.15) is 12.7 Å². The van der Waals surface area contributed by atoms with E-state index in [9.17, 15) is 0 Å². The van der Waals surface area contributed by atoms with Crippen molar-refractivity contribution in [1.82, 2.24) is 25.4 Å². The number of halogens is 3. The first-order valence-electron chi connectivity index (χ1n) is 9.42. The maximum Gasteiger partial charge on any atom is 0.191 e. The Bertz CT molecular complexity index is 946. The minimum atomic E-state index is 0. The molecule has 160 valence electrons. The minimum Gasteiger partial charge on any atom is -0.356 e. The van der Waals surface area contributed by atoms with Gasteiger partial charge in [-0.2, -0.15) is 5.10 Å². The molecule has 0 saturated carbocycles. The highest BCUT2D eigenvalue weighted by Gasteiger charge is 2.03. The molecule has 0 unspecified atom stereocenters. The van der Waals surface area contributed by atoms with E-state index in [-0.39, 0.29) is 24.0 Å². The second-order valence-electron chi connectivity index (χ2n) is 6.60. The fraction of sp³-hybridized carbons (Fsp3) is 0.286. The lowest BCUT2D eigenvalue weighted by Crippen LogP contribution is -2.37. The average molecular weight is 559 g/mol. The molecule has 1 heterocycles. The Morgan fingerprint density at radius 1 is 1.10 bits per heavy atom. The average Bonchev–Trinajstić information content (AvgIpc) is 3.22. The number of benzene rings is 2. The van der Waals surface area contributed by atoms with Gasteiger partial charge in [0, 0.05) is 30.2 Å². The lowest BCUT2D eigenvalue weighted by atomic mass is 10.1. The van der Waals surface area contributed by atoms with Gasteiger partial charge in [-0.25, -0.2) is 9.67 Å². The quantitative estimate of drug-likeness (QED) is 0.184. The van der Waals surface area contributed by atoms with Gasteiger partial charge < -0.3 is 10.6 Å². The van der Waals surface area contributed by atoms with E-state index in [2.05, 4.69) is 50.0 Å². The monoisotopic (exact) mass is 558 g/mol. The molecule has 6 nitrogen and oxygen atoms in total. The molecular formula is C21H25Cl2IN6. The molecule has 0 bridgehead atoms. The van der Waals surface area contributed by atoms with Gasteiger partial charge in [-0.1, -0.05) is 53.5 Å². The van der Waals surface area contributed by atoms with E-state index < -0.39 is 0 Å². The van der Waals surface area contributed by atoms with Gasteiger partial charge in [-0.15, -0.1) is 24.0 Å². The molecule has 9 heteroatoms. The highest BCUT2D eigenvalue weighted by atomic mass is 127. The topological polar surface area (TPSA) is 67.1 Å². The number of aliphatic imine (C=N–C) groups is 1. The number of hydrogen-bond donors (Lipinski definition) is 2. The van der Waals surface area contributed by atoms with Crippen LogP contribution in [0.5, 0.6) is 0 Å². The van der Waals surface area contributed by atoms with Crippen molar-refractivity contribution in [3.63, 3.8) is 0 Å². The van der Waals surface area contributed by atoms with E-state index in [0.717, 1.165) is 30.9 Å². The van der Waals surface area contributed by atoms with Crippen molar-refractivity contribution in [2.75, 3.05) is 13.6 Å². The predicted octanol–water partition coefficient (Wildman–Crippen LogP) is 4.55. The molecule has 2 aromatic carbocycles. The Balaban J connectivity index is 0.00000320. The van der Waals surface area contributed by atoms with Crippen LogP contribution in [0.1, 0.15) is 23.1 Å². The van der Waals surface area contributed by atoms with Gasteiger partial charge in [-0.3, -0.25) is 4.99 Å². The van der Waals surface area contributed by atoms with Gasteiger partial charge >= 0.3 is 0 Å². The minimum absolute atomic E-state index is 0. The van der Waals surface area contributed by atoms with E-state index >= 15 is 0 Å². The Kier molecular flexibility index (Phi) is 10.4. The van der Waals surface area contributed by atoms with Crippen LogP contribution in [0.2, 0.25) is 10.0 Å². The normalized spacial score (nSPS) is 11.1. The summed E-state index contributed by atoms with van der Waals surface area (Å²) in [6, 6.07) is 14.0. The number of guanidine groups is 1. The van der Waals surface area contributed by atoms with Crippen molar-refractivity contribution in [2.45, 2.75) is 25.9 Å². The van der Waals surface area contributed by atoms with Crippen molar-refractivity contribution in [1.29, 1.82) is 0 Å². The summed E-state index contributed by atoms with van der Waals surface area (Å²) >= 11 is 12.2. The SMILES string of the molecule is CN=C(NCCCc1ccc(Cl)cc1Cl)NCc1cccc(Cn2cncn2)c1.I. The Morgan fingerprint density at radius 2 is 1.93 bits per heavy atom. The Hall–Kier alpha value is -1.84. The summed E-state index contributed by atoms with van der Waals surface area (Å²) < 4.78 is 1.81. The molecule has 0 aliphatic rings. The van der Waals surface area contributed by atoms with Crippen molar-refractivity contribution >= 4 is 53.1 Å². The largest absolute Gasteiger partial charge is 0.356 e. The van der Waals surface area contributed by atoms with Crippen LogP contribution in [0, 0.1) is 0 Å². The number of nitrogens with zero attached hydrogens (tertiary/aromatic N) is 4.